The summed E-state index contributed by atoms with van der Waals surface area (Å²) >= 11 is 0. The van der Waals surface area contributed by atoms with Gasteiger partial charge >= 0.3 is 5.97 Å². The Kier molecular flexibility index (Phi) is 5.03. The number of carbonyl (C=O) groups excluding carboxylic acids is 1. The minimum atomic E-state index is -0.423. The van der Waals surface area contributed by atoms with E-state index < -0.39 is 18.5 Å². The lowest BCUT2D eigenvalue weighted by Crippen LogP contribution is -2.21. The second-order valence-electron chi connectivity index (χ2n) is 4.69. The summed E-state index contributed by atoms with van der Waals surface area (Å²) < 4.78 is 26.7. The van der Waals surface area contributed by atoms with Crippen molar-refractivity contribution >= 4 is 5.97 Å². The van der Waals surface area contributed by atoms with Crippen molar-refractivity contribution in [2.45, 2.75) is 31.8 Å². The second kappa shape index (κ2) is 6.78. The fourth-order valence-electron chi connectivity index (χ4n) is 2.38. The molecule has 1 heterocycles. The first kappa shape index (κ1) is 15.6. The van der Waals surface area contributed by atoms with Gasteiger partial charge in [0.15, 0.2) is 6.29 Å². The van der Waals surface area contributed by atoms with Crippen LogP contribution in [0.15, 0.2) is 18.2 Å². The van der Waals surface area contributed by atoms with Crippen LogP contribution in [0.3, 0.4) is 0 Å². The molecule has 21 heavy (non-hydrogen) atoms. The number of hydrogen-bond acceptors (Lipinski definition) is 6. The Morgan fingerprint density at radius 1 is 1.19 bits per heavy atom. The van der Waals surface area contributed by atoms with Gasteiger partial charge in [0.1, 0.15) is 23.7 Å². The summed E-state index contributed by atoms with van der Waals surface area (Å²) in [7, 11) is 4.52. The van der Waals surface area contributed by atoms with Gasteiger partial charge in [-0.15, -0.1) is 0 Å². The number of benzene rings is 1. The van der Waals surface area contributed by atoms with Crippen LogP contribution in [0.4, 0.5) is 0 Å². The molecule has 6 heteroatoms. The molecule has 1 aliphatic heterocycles. The van der Waals surface area contributed by atoms with Crippen LogP contribution in [-0.2, 0) is 19.0 Å². The molecule has 3 atom stereocenters. The Morgan fingerprint density at radius 2 is 1.95 bits per heavy atom. The molecular formula is C15H20O6. The topological polar surface area (TPSA) is 63.2 Å². The molecule has 0 saturated carbocycles. The molecule has 0 amide bonds. The van der Waals surface area contributed by atoms with Gasteiger partial charge in [-0.3, -0.25) is 4.79 Å². The summed E-state index contributed by atoms with van der Waals surface area (Å²) in [6, 6.07) is 5.43. The van der Waals surface area contributed by atoms with Crippen molar-refractivity contribution in [1.82, 2.24) is 0 Å². The Balaban J connectivity index is 2.31. The van der Waals surface area contributed by atoms with Crippen molar-refractivity contribution in [3.8, 4) is 11.5 Å². The highest BCUT2D eigenvalue weighted by molar-refractivity contribution is 5.70. The maximum atomic E-state index is 11.5. The lowest BCUT2D eigenvalue weighted by Gasteiger charge is -2.19. The SMILES string of the molecule is COC(=O)C[C@@H]1O[C@H](C)O[C@H]1c1cc(OC)ccc1OC. The van der Waals surface area contributed by atoms with Crippen LogP contribution in [0.1, 0.15) is 25.0 Å². The van der Waals surface area contributed by atoms with E-state index >= 15 is 0 Å². The van der Waals surface area contributed by atoms with Crippen molar-refractivity contribution < 1.29 is 28.5 Å². The van der Waals surface area contributed by atoms with Crippen LogP contribution in [0.2, 0.25) is 0 Å². The van der Waals surface area contributed by atoms with E-state index in [1.54, 1.807) is 33.3 Å². The summed E-state index contributed by atoms with van der Waals surface area (Å²) in [4.78, 5) is 11.5. The molecule has 116 valence electrons. The second-order valence-corrected chi connectivity index (χ2v) is 4.69. The third-order valence-corrected chi connectivity index (χ3v) is 3.38. The quantitative estimate of drug-likeness (QED) is 0.775. The molecule has 1 aromatic carbocycles. The van der Waals surface area contributed by atoms with Crippen LogP contribution < -0.4 is 9.47 Å². The summed E-state index contributed by atoms with van der Waals surface area (Å²) in [5.41, 5.74) is 0.787. The lowest BCUT2D eigenvalue weighted by atomic mass is 10.0. The van der Waals surface area contributed by atoms with Gasteiger partial charge in [-0.25, -0.2) is 0 Å². The molecule has 0 spiro atoms. The van der Waals surface area contributed by atoms with Gasteiger partial charge in [-0.1, -0.05) is 0 Å². The number of ether oxygens (including phenoxy) is 5. The highest BCUT2D eigenvalue weighted by Gasteiger charge is 2.38. The van der Waals surface area contributed by atoms with Gasteiger partial charge in [0.05, 0.1) is 27.8 Å². The monoisotopic (exact) mass is 296 g/mol. The lowest BCUT2D eigenvalue weighted by molar-refractivity contribution is -0.143. The Morgan fingerprint density at radius 3 is 2.57 bits per heavy atom. The predicted octanol–water partition coefficient (Wildman–Crippen LogP) is 2.07. The first-order valence-corrected chi connectivity index (χ1v) is 6.68. The minimum Gasteiger partial charge on any atom is -0.497 e. The summed E-state index contributed by atoms with van der Waals surface area (Å²) in [6.07, 6.45) is -1.12. The molecule has 0 radical (unpaired) electrons. The maximum Gasteiger partial charge on any atom is 0.308 e. The predicted molar refractivity (Wildman–Crippen MR) is 74.3 cm³/mol. The number of esters is 1. The average molecular weight is 296 g/mol. The average Bonchev–Trinajstić information content (AvgIpc) is 2.86. The molecule has 6 nitrogen and oxygen atoms in total. The fraction of sp³-hybridized carbons (Fsp3) is 0.533. The molecule has 2 rings (SSSR count). The standard InChI is InChI=1S/C15H20O6/c1-9-20-13(8-14(16)19-4)15(21-9)11-7-10(17-2)5-6-12(11)18-3/h5-7,9,13,15H,8H2,1-4H3/t9-,13-,15-/m0/s1. The number of methoxy groups -OCH3 is 3. The zero-order valence-corrected chi connectivity index (χ0v) is 12.6. The third-order valence-electron chi connectivity index (χ3n) is 3.38. The van der Waals surface area contributed by atoms with Crippen molar-refractivity contribution in [2.75, 3.05) is 21.3 Å². The molecule has 0 bridgehead atoms. The van der Waals surface area contributed by atoms with Crippen LogP contribution in [0.25, 0.3) is 0 Å². The molecule has 1 fully saturated rings. The fourth-order valence-corrected chi connectivity index (χ4v) is 2.38. The smallest absolute Gasteiger partial charge is 0.308 e. The summed E-state index contributed by atoms with van der Waals surface area (Å²) in [5, 5.41) is 0. The molecule has 0 aromatic heterocycles. The number of rotatable bonds is 5. The summed E-state index contributed by atoms with van der Waals surface area (Å²) in [6.45, 7) is 1.79. The Labute approximate surface area is 123 Å². The van der Waals surface area contributed by atoms with E-state index in [1.807, 2.05) is 6.07 Å². The zero-order valence-electron chi connectivity index (χ0n) is 12.6. The minimum absolute atomic E-state index is 0.117. The van der Waals surface area contributed by atoms with Crippen LogP contribution in [-0.4, -0.2) is 39.7 Å². The van der Waals surface area contributed by atoms with Crippen LogP contribution in [0, 0.1) is 0 Å². The van der Waals surface area contributed by atoms with E-state index in [2.05, 4.69) is 0 Å². The molecule has 1 aromatic rings. The molecular weight excluding hydrogens is 276 g/mol. The molecule has 0 aliphatic carbocycles. The third kappa shape index (κ3) is 3.46. The summed E-state index contributed by atoms with van der Waals surface area (Å²) in [5.74, 6) is 1.00. The van der Waals surface area contributed by atoms with Gasteiger partial charge in [0.25, 0.3) is 0 Å². The normalized spacial score (nSPS) is 24.7. The van der Waals surface area contributed by atoms with E-state index in [-0.39, 0.29) is 12.4 Å². The van der Waals surface area contributed by atoms with Crippen molar-refractivity contribution in [1.29, 1.82) is 0 Å². The van der Waals surface area contributed by atoms with Crippen LogP contribution >= 0.6 is 0 Å². The van der Waals surface area contributed by atoms with Crippen LogP contribution in [0.5, 0.6) is 11.5 Å². The van der Waals surface area contributed by atoms with E-state index in [0.29, 0.717) is 11.5 Å². The first-order chi connectivity index (χ1) is 10.1. The van der Waals surface area contributed by atoms with Gasteiger partial charge in [-0.2, -0.15) is 0 Å². The van der Waals surface area contributed by atoms with Crippen molar-refractivity contribution in [3.05, 3.63) is 23.8 Å². The van der Waals surface area contributed by atoms with E-state index in [4.69, 9.17) is 23.7 Å². The first-order valence-electron chi connectivity index (χ1n) is 6.68. The highest BCUT2D eigenvalue weighted by atomic mass is 16.7. The number of carbonyl (C=O) groups is 1. The van der Waals surface area contributed by atoms with Gasteiger partial charge in [0.2, 0.25) is 0 Å². The van der Waals surface area contributed by atoms with Crippen molar-refractivity contribution in [3.63, 3.8) is 0 Å². The van der Waals surface area contributed by atoms with E-state index in [9.17, 15) is 4.79 Å². The Hall–Kier alpha value is -1.79. The maximum absolute atomic E-state index is 11.5. The Bertz CT molecular complexity index is 501. The zero-order chi connectivity index (χ0) is 15.4. The largest absolute Gasteiger partial charge is 0.497 e. The van der Waals surface area contributed by atoms with Gasteiger partial charge < -0.3 is 23.7 Å². The highest BCUT2D eigenvalue weighted by Crippen LogP contribution is 2.40. The van der Waals surface area contributed by atoms with E-state index in [0.717, 1.165) is 5.56 Å². The van der Waals surface area contributed by atoms with Crippen molar-refractivity contribution in [2.24, 2.45) is 0 Å². The van der Waals surface area contributed by atoms with E-state index in [1.165, 1.54) is 7.11 Å². The van der Waals surface area contributed by atoms with Gasteiger partial charge in [-0.05, 0) is 25.1 Å². The number of hydrogen-bond donors (Lipinski definition) is 0. The molecule has 1 saturated heterocycles. The van der Waals surface area contributed by atoms with Gasteiger partial charge in [0, 0.05) is 5.56 Å². The molecule has 0 N–H and O–H groups in total. The molecule has 0 unspecified atom stereocenters. The molecule has 1 aliphatic rings.